The summed E-state index contributed by atoms with van der Waals surface area (Å²) in [7, 11) is 3.46. The lowest BCUT2D eigenvalue weighted by Gasteiger charge is -2.11. The van der Waals surface area contributed by atoms with Gasteiger partial charge in [0, 0.05) is 31.9 Å². The van der Waals surface area contributed by atoms with Gasteiger partial charge in [0.1, 0.15) is 5.82 Å². The number of carbonyl (C=O) groups excluding carboxylic acids is 2. The van der Waals surface area contributed by atoms with E-state index in [1.165, 1.54) is 18.2 Å². The van der Waals surface area contributed by atoms with Crippen LogP contribution in [-0.4, -0.2) is 37.4 Å². The first-order chi connectivity index (χ1) is 12.3. The number of carbonyl (C=O) groups is 2. The van der Waals surface area contributed by atoms with E-state index in [-0.39, 0.29) is 23.4 Å². The highest BCUT2D eigenvalue weighted by Gasteiger charge is 2.07. The minimum absolute atomic E-state index is 0.0456. The molecule has 0 spiro atoms. The highest BCUT2D eigenvalue weighted by Crippen LogP contribution is 2.19. The van der Waals surface area contributed by atoms with Gasteiger partial charge >= 0.3 is 0 Å². The largest absolute Gasteiger partial charge is 0.376 e. The normalized spacial score (nSPS) is 10.3. The average Bonchev–Trinajstić information content (AvgIpc) is 2.61. The number of hydrogen-bond acceptors (Lipinski definition) is 3. The number of rotatable bonds is 7. The topological polar surface area (TPSA) is 61.4 Å². The quantitative estimate of drug-likeness (QED) is 0.775. The van der Waals surface area contributed by atoms with Gasteiger partial charge in [-0.2, -0.15) is 0 Å². The van der Waals surface area contributed by atoms with Crippen molar-refractivity contribution in [3.63, 3.8) is 0 Å². The Bertz CT molecular complexity index is 796. The molecule has 2 aromatic carbocycles. The third kappa shape index (κ3) is 6.04. The van der Waals surface area contributed by atoms with Gasteiger partial charge in [-0.15, -0.1) is 0 Å². The number of nitrogens with zero attached hydrogens (tertiary/aromatic N) is 1. The molecule has 0 fully saturated rings. The summed E-state index contributed by atoms with van der Waals surface area (Å²) < 4.78 is 13.1. The second kappa shape index (κ2) is 9.20. The second-order valence-electron chi connectivity index (χ2n) is 6.02. The molecule has 0 heterocycles. The van der Waals surface area contributed by atoms with Crippen LogP contribution >= 0.6 is 11.6 Å². The van der Waals surface area contributed by atoms with Crippen molar-refractivity contribution in [2.24, 2.45) is 0 Å². The molecule has 0 aromatic heterocycles. The molecule has 0 aliphatic carbocycles. The first-order valence-electron chi connectivity index (χ1n) is 8.13. The first-order valence-corrected chi connectivity index (χ1v) is 8.51. The van der Waals surface area contributed by atoms with Crippen molar-refractivity contribution >= 4 is 34.8 Å². The summed E-state index contributed by atoms with van der Waals surface area (Å²) in [5.41, 5.74) is 2.22. The molecule has 0 aliphatic rings. The number of hydrogen-bond donors (Lipinski definition) is 2. The second-order valence-corrected chi connectivity index (χ2v) is 6.43. The Kier molecular flexibility index (Phi) is 6.97. The monoisotopic (exact) mass is 377 g/mol. The number of amides is 2. The number of aryl methyl sites for hydroxylation is 1. The van der Waals surface area contributed by atoms with Crippen molar-refractivity contribution in [3.05, 3.63) is 58.9 Å². The molecule has 0 saturated heterocycles. The Hall–Kier alpha value is -2.60. The maximum atomic E-state index is 13.1. The molecule has 2 rings (SSSR count). The van der Waals surface area contributed by atoms with E-state index < -0.39 is 5.82 Å². The smallest absolute Gasteiger partial charge is 0.243 e. The molecule has 2 N–H and O–H groups in total. The van der Waals surface area contributed by atoms with E-state index >= 15 is 0 Å². The van der Waals surface area contributed by atoms with Gasteiger partial charge in [0.2, 0.25) is 11.8 Å². The van der Waals surface area contributed by atoms with Gasteiger partial charge < -0.3 is 15.5 Å². The summed E-state index contributed by atoms with van der Waals surface area (Å²) in [6.07, 6.45) is 1.06. The molecule has 0 radical (unpaired) electrons. The van der Waals surface area contributed by atoms with Gasteiger partial charge in [0.15, 0.2) is 0 Å². The minimum atomic E-state index is -0.535. The molecular formula is C19H21ClFN3O2. The van der Waals surface area contributed by atoms with Crippen molar-refractivity contribution in [3.8, 4) is 0 Å². The number of halogens is 2. The molecule has 0 bridgehead atoms. The summed E-state index contributed by atoms with van der Waals surface area (Å²) in [5.74, 6) is -0.742. The van der Waals surface area contributed by atoms with Gasteiger partial charge in [0.05, 0.1) is 11.6 Å². The molecule has 26 heavy (non-hydrogen) atoms. The number of nitrogens with one attached hydrogen (secondary N) is 2. The molecule has 0 aliphatic heterocycles. The predicted octanol–water partition coefficient (Wildman–Crippen LogP) is 3.55. The van der Waals surface area contributed by atoms with Crippen LogP contribution in [0.5, 0.6) is 0 Å². The Balaban J connectivity index is 1.86. The third-order valence-corrected chi connectivity index (χ3v) is 4.00. The Morgan fingerprint density at radius 1 is 1.12 bits per heavy atom. The minimum Gasteiger partial charge on any atom is -0.376 e. The molecular weight excluding hydrogens is 357 g/mol. The van der Waals surface area contributed by atoms with Crippen LogP contribution in [0.25, 0.3) is 0 Å². The number of anilines is 2. The molecule has 2 amide bonds. The van der Waals surface area contributed by atoms with Crippen molar-refractivity contribution in [2.45, 2.75) is 12.8 Å². The molecule has 0 unspecified atom stereocenters. The van der Waals surface area contributed by atoms with E-state index in [9.17, 15) is 14.0 Å². The number of benzene rings is 2. The molecule has 7 heteroatoms. The standard InChI is InChI=1S/C19H21ClFN3O2/c1-24(2)19(26)9-6-13-4-3-5-14(10-13)22-12-18(25)23-15-7-8-17(21)16(20)11-15/h3-5,7-8,10-11,22H,6,9,12H2,1-2H3,(H,23,25). The van der Waals surface area contributed by atoms with E-state index in [1.807, 2.05) is 24.3 Å². The van der Waals surface area contributed by atoms with Gasteiger partial charge in [-0.1, -0.05) is 23.7 Å². The van der Waals surface area contributed by atoms with Crippen LogP contribution in [0.3, 0.4) is 0 Å². The van der Waals surface area contributed by atoms with Crippen LogP contribution in [0, 0.1) is 5.82 Å². The van der Waals surface area contributed by atoms with Crippen molar-refractivity contribution in [2.75, 3.05) is 31.3 Å². The van der Waals surface area contributed by atoms with Crippen molar-refractivity contribution < 1.29 is 14.0 Å². The molecule has 5 nitrogen and oxygen atoms in total. The highest BCUT2D eigenvalue weighted by molar-refractivity contribution is 6.31. The SMILES string of the molecule is CN(C)C(=O)CCc1cccc(NCC(=O)Nc2ccc(F)c(Cl)c2)c1. The summed E-state index contributed by atoms with van der Waals surface area (Å²) in [4.78, 5) is 25.2. The lowest BCUT2D eigenvalue weighted by molar-refractivity contribution is -0.128. The predicted molar refractivity (Wildman–Crippen MR) is 102 cm³/mol. The average molecular weight is 378 g/mol. The molecule has 0 atom stereocenters. The van der Waals surface area contributed by atoms with E-state index in [1.54, 1.807) is 19.0 Å². The van der Waals surface area contributed by atoms with Gasteiger partial charge in [-0.25, -0.2) is 4.39 Å². The summed E-state index contributed by atoms with van der Waals surface area (Å²) in [5, 5.41) is 5.63. The van der Waals surface area contributed by atoms with Crippen LogP contribution in [-0.2, 0) is 16.0 Å². The van der Waals surface area contributed by atoms with Gasteiger partial charge in [-0.3, -0.25) is 9.59 Å². The lowest BCUT2D eigenvalue weighted by Crippen LogP contribution is -2.22. The van der Waals surface area contributed by atoms with Crippen LogP contribution in [0.15, 0.2) is 42.5 Å². The first kappa shape index (κ1) is 19.7. The third-order valence-electron chi connectivity index (χ3n) is 3.71. The van der Waals surface area contributed by atoms with Crippen molar-refractivity contribution in [1.82, 2.24) is 4.90 Å². The zero-order valence-electron chi connectivity index (χ0n) is 14.7. The Morgan fingerprint density at radius 3 is 2.58 bits per heavy atom. The fraction of sp³-hybridized carbons (Fsp3) is 0.263. The molecule has 138 valence electrons. The fourth-order valence-corrected chi connectivity index (χ4v) is 2.45. The Morgan fingerprint density at radius 2 is 1.88 bits per heavy atom. The fourth-order valence-electron chi connectivity index (χ4n) is 2.27. The van der Waals surface area contributed by atoms with E-state index in [0.717, 1.165) is 11.3 Å². The maximum absolute atomic E-state index is 13.1. The Labute approximate surface area is 157 Å². The maximum Gasteiger partial charge on any atom is 0.243 e. The highest BCUT2D eigenvalue weighted by atomic mass is 35.5. The summed E-state index contributed by atoms with van der Waals surface area (Å²) in [6, 6.07) is 11.6. The van der Waals surface area contributed by atoms with Crippen LogP contribution < -0.4 is 10.6 Å². The van der Waals surface area contributed by atoms with Crippen LogP contribution in [0.1, 0.15) is 12.0 Å². The zero-order chi connectivity index (χ0) is 19.1. The lowest BCUT2D eigenvalue weighted by atomic mass is 10.1. The zero-order valence-corrected chi connectivity index (χ0v) is 15.4. The van der Waals surface area contributed by atoms with Gasteiger partial charge in [-0.05, 0) is 42.3 Å². The van der Waals surface area contributed by atoms with E-state index in [4.69, 9.17) is 11.6 Å². The molecule has 2 aromatic rings. The van der Waals surface area contributed by atoms with E-state index in [2.05, 4.69) is 10.6 Å². The summed E-state index contributed by atoms with van der Waals surface area (Å²) in [6.45, 7) is 0.0507. The molecule has 0 saturated carbocycles. The van der Waals surface area contributed by atoms with Crippen LogP contribution in [0.2, 0.25) is 5.02 Å². The van der Waals surface area contributed by atoms with Crippen LogP contribution in [0.4, 0.5) is 15.8 Å². The van der Waals surface area contributed by atoms with Gasteiger partial charge in [0.25, 0.3) is 0 Å². The van der Waals surface area contributed by atoms with E-state index in [0.29, 0.717) is 18.5 Å². The summed E-state index contributed by atoms with van der Waals surface area (Å²) >= 11 is 5.69. The van der Waals surface area contributed by atoms with Crippen molar-refractivity contribution in [1.29, 1.82) is 0 Å².